The zero-order chi connectivity index (χ0) is 7.40. The Morgan fingerprint density at radius 2 is 2.50 bits per heavy atom. The van der Waals surface area contributed by atoms with Crippen LogP contribution >= 0.6 is 0 Å². The third-order valence-corrected chi connectivity index (χ3v) is 0.940. The van der Waals surface area contributed by atoms with Gasteiger partial charge in [-0.25, -0.2) is 9.97 Å². The molecule has 52 valence electrons. The van der Waals surface area contributed by atoms with Crippen molar-refractivity contribution in [3.8, 4) is 0 Å². The van der Waals surface area contributed by atoms with Crippen LogP contribution in [0.5, 0.6) is 0 Å². The van der Waals surface area contributed by atoms with E-state index in [2.05, 4.69) is 15.0 Å². The summed E-state index contributed by atoms with van der Waals surface area (Å²) < 4.78 is 0. The Morgan fingerprint density at radius 3 is 3.10 bits per heavy atom. The van der Waals surface area contributed by atoms with Crippen molar-refractivity contribution in [3.63, 3.8) is 0 Å². The number of aliphatic imine (C=N–C) groups is 1. The molecule has 0 aliphatic carbocycles. The molecule has 0 saturated carbocycles. The average Bonchev–Trinajstić information content (AvgIpc) is 1.88. The molecule has 4 nitrogen and oxygen atoms in total. The van der Waals surface area contributed by atoms with E-state index >= 15 is 0 Å². The molecule has 0 aliphatic heterocycles. The van der Waals surface area contributed by atoms with Crippen molar-refractivity contribution in [2.75, 3.05) is 12.8 Å². The molecule has 1 heterocycles. The Labute approximate surface area is 58.8 Å². The first-order chi connectivity index (χ1) is 4.83. The normalized spacial score (nSPS) is 10.5. The molecule has 0 saturated heterocycles. The lowest BCUT2D eigenvalue weighted by molar-refractivity contribution is 1.15. The van der Waals surface area contributed by atoms with Gasteiger partial charge >= 0.3 is 0 Å². The zero-order valence-electron chi connectivity index (χ0n) is 5.65. The molecule has 0 amide bonds. The van der Waals surface area contributed by atoms with E-state index in [9.17, 15) is 0 Å². The predicted molar refractivity (Wildman–Crippen MR) is 40.0 cm³/mol. The molecular formula is C6H8N4. The summed E-state index contributed by atoms with van der Waals surface area (Å²) in [6.45, 7) is 0. The van der Waals surface area contributed by atoms with Gasteiger partial charge in [-0.05, 0) is 6.07 Å². The molecule has 0 unspecified atom stereocenters. The van der Waals surface area contributed by atoms with Crippen LogP contribution in [0.4, 0.5) is 5.82 Å². The van der Waals surface area contributed by atoms with Crippen molar-refractivity contribution in [2.24, 2.45) is 4.99 Å². The zero-order valence-corrected chi connectivity index (χ0v) is 5.65. The fourth-order valence-electron chi connectivity index (χ4n) is 0.566. The van der Waals surface area contributed by atoms with Gasteiger partial charge in [-0.15, -0.1) is 0 Å². The Bertz CT molecular complexity index is 243. The molecule has 0 aliphatic rings. The Morgan fingerprint density at radius 1 is 1.70 bits per heavy atom. The van der Waals surface area contributed by atoms with Crippen LogP contribution in [0.1, 0.15) is 5.82 Å². The van der Waals surface area contributed by atoms with E-state index in [1.807, 2.05) is 0 Å². The van der Waals surface area contributed by atoms with Crippen LogP contribution in [0.25, 0.3) is 0 Å². The number of nitrogen functional groups attached to an aromatic ring is 1. The summed E-state index contributed by atoms with van der Waals surface area (Å²) in [5.74, 6) is 1.01. The lowest BCUT2D eigenvalue weighted by Crippen LogP contribution is -1.96. The van der Waals surface area contributed by atoms with Crippen LogP contribution in [0, 0.1) is 0 Å². The summed E-state index contributed by atoms with van der Waals surface area (Å²) in [5.41, 5.74) is 5.38. The topological polar surface area (TPSA) is 64.2 Å². The Balaban J connectivity index is 2.95. The van der Waals surface area contributed by atoms with Gasteiger partial charge in [0.25, 0.3) is 0 Å². The first-order valence-corrected chi connectivity index (χ1v) is 2.83. The first kappa shape index (κ1) is 6.67. The number of nitrogens with zero attached hydrogens (tertiary/aromatic N) is 3. The molecule has 0 atom stereocenters. The van der Waals surface area contributed by atoms with E-state index < -0.39 is 0 Å². The van der Waals surface area contributed by atoms with E-state index in [0.29, 0.717) is 11.6 Å². The van der Waals surface area contributed by atoms with Gasteiger partial charge < -0.3 is 5.73 Å². The van der Waals surface area contributed by atoms with Crippen LogP contribution in [-0.4, -0.2) is 23.2 Å². The Kier molecular flexibility index (Phi) is 1.94. The summed E-state index contributed by atoms with van der Waals surface area (Å²) >= 11 is 0. The van der Waals surface area contributed by atoms with Gasteiger partial charge in [0.05, 0.1) is 6.21 Å². The monoisotopic (exact) mass is 136 g/mol. The third-order valence-electron chi connectivity index (χ3n) is 0.940. The summed E-state index contributed by atoms with van der Waals surface area (Å²) in [6.07, 6.45) is 3.15. The van der Waals surface area contributed by atoms with Gasteiger partial charge in [-0.1, -0.05) is 0 Å². The van der Waals surface area contributed by atoms with E-state index in [1.54, 1.807) is 25.5 Å². The van der Waals surface area contributed by atoms with Crippen molar-refractivity contribution in [1.82, 2.24) is 9.97 Å². The fraction of sp³-hybridized carbons (Fsp3) is 0.167. The lowest BCUT2D eigenvalue weighted by Gasteiger charge is -1.90. The van der Waals surface area contributed by atoms with Gasteiger partial charge in [0, 0.05) is 13.2 Å². The lowest BCUT2D eigenvalue weighted by atomic mass is 10.5. The highest BCUT2D eigenvalue weighted by atomic mass is 14.9. The molecule has 4 heteroatoms. The minimum absolute atomic E-state index is 0.463. The fourth-order valence-corrected chi connectivity index (χ4v) is 0.566. The summed E-state index contributed by atoms with van der Waals surface area (Å²) in [7, 11) is 1.66. The maximum Gasteiger partial charge on any atom is 0.172 e. The van der Waals surface area contributed by atoms with Crippen LogP contribution in [0.15, 0.2) is 17.3 Å². The molecule has 0 aromatic carbocycles. The SMILES string of the molecule is C/N=C\c1nccc(N)n1. The maximum absolute atomic E-state index is 5.38. The Hall–Kier alpha value is -1.45. The quantitative estimate of drug-likeness (QED) is 0.557. The number of nitrogens with two attached hydrogens (primary N) is 1. The molecule has 1 aromatic heterocycles. The van der Waals surface area contributed by atoms with Crippen LogP contribution in [0.3, 0.4) is 0 Å². The van der Waals surface area contributed by atoms with E-state index in [4.69, 9.17) is 5.73 Å². The number of hydrogen-bond donors (Lipinski definition) is 1. The molecule has 1 rings (SSSR count). The number of aromatic nitrogens is 2. The van der Waals surface area contributed by atoms with Crippen LogP contribution in [0.2, 0.25) is 0 Å². The van der Waals surface area contributed by atoms with Crippen LogP contribution < -0.4 is 5.73 Å². The largest absolute Gasteiger partial charge is 0.384 e. The van der Waals surface area contributed by atoms with Gasteiger partial charge in [-0.2, -0.15) is 0 Å². The molecular weight excluding hydrogens is 128 g/mol. The minimum Gasteiger partial charge on any atom is -0.384 e. The molecule has 0 bridgehead atoms. The first-order valence-electron chi connectivity index (χ1n) is 2.83. The molecule has 0 spiro atoms. The van der Waals surface area contributed by atoms with E-state index in [0.717, 1.165) is 0 Å². The second kappa shape index (κ2) is 2.91. The predicted octanol–water partition coefficient (Wildman–Crippen LogP) is 0.108. The molecule has 1 aromatic rings. The van der Waals surface area contributed by atoms with Crippen molar-refractivity contribution in [3.05, 3.63) is 18.1 Å². The van der Waals surface area contributed by atoms with E-state index in [-0.39, 0.29) is 0 Å². The average molecular weight is 136 g/mol. The summed E-state index contributed by atoms with van der Waals surface area (Å²) in [4.78, 5) is 11.5. The van der Waals surface area contributed by atoms with Gasteiger partial charge in [-0.3, -0.25) is 4.99 Å². The molecule has 0 fully saturated rings. The summed E-state index contributed by atoms with van der Waals surface area (Å²) in [5, 5.41) is 0. The maximum atomic E-state index is 5.38. The molecule has 10 heavy (non-hydrogen) atoms. The minimum atomic E-state index is 0.463. The second-order valence-electron chi connectivity index (χ2n) is 1.73. The van der Waals surface area contributed by atoms with Crippen LogP contribution in [-0.2, 0) is 0 Å². The number of rotatable bonds is 1. The van der Waals surface area contributed by atoms with Gasteiger partial charge in [0.15, 0.2) is 5.82 Å². The molecule has 2 N–H and O–H groups in total. The standard InChI is InChI=1S/C6H8N4/c1-8-4-6-9-3-2-5(7)10-6/h2-4H,1H3,(H2,7,9,10)/b8-4-. The van der Waals surface area contributed by atoms with E-state index in [1.165, 1.54) is 0 Å². The highest BCUT2D eigenvalue weighted by molar-refractivity contribution is 5.74. The third kappa shape index (κ3) is 1.51. The highest BCUT2D eigenvalue weighted by Gasteiger charge is 1.88. The van der Waals surface area contributed by atoms with Crippen molar-refractivity contribution >= 4 is 12.0 Å². The van der Waals surface area contributed by atoms with Gasteiger partial charge in [0.1, 0.15) is 5.82 Å². The highest BCUT2D eigenvalue weighted by Crippen LogP contribution is 1.92. The number of anilines is 1. The van der Waals surface area contributed by atoms with Crippen molar-refractivity contribution in [1.29, 1.82) is 0 Å². The summed E-state index contributed by atoms with van der Waals surface area (Å²) in [6, 6.07) is 1.63. The molecule has 0 radical (unpaired) electrons. The van der Waals surface area contributed by atoms with Gasteiger partial charge in [0.2, 0.25) is 0 Å². The van der Waals surface area contributed by atoms with Crippen molar-refractivity contribution < 1.29 is 0 Å². The second-order valence-corrected chi connectivity index (χ2v) is 1.73. The smallest absolute Gasteiger partial charge is 0.172 e. The van der Waals surface area contributed by atoms with Crippen molar-refractivity contribution in [2.45, 2.75) is 0 Å². The number of hydrogen-bond acceptors (Lipinski definition) is 4.